The number of hydroxylamine groups is 1. The Labute approximate surface area is 184 Å². The third-order valence-electron chi connectivity index (χ3n) is 5.80. The molecule has 0 spiro atoms. The first kappa shape index (κ1) is 19.9. The topological polar surface area (TPSA) is 82.8 Å². The van der Waals surface area contributed by atoms with Gasteiger partial charge in [-0.3, -0.25) is 14.4 Å². The second-order valence-corrected chi connectivity index (χ2v) is 9.14. The molecule has 1 saturated carbocycles. The van der Waals surface area contributed by atoms with Crippen LogP contribution >= 0.6 is 11.3 Å². The average Bonchev–Trinajstić information content (AvgIpc) is 3.24. The molecule has 0 saturated heterocycles. The number of hydrogen-bond donors (Lipinski definition) is 2. The van der Waals surface area contributed by atoms with Crippen LogP contribution in [0.4, 0.5) is 0 Å². The number of rotatable bonds is 6. The van der Waals surface area contributed by atoms with Crippen LogP contribution in [-0.4, -0.2) is 44.5 Å². The Bertz CT molecular complexity index is 1250. The zero-order valence-corrected chi connectivity index (χ0v) is 18.2. The van der Waals surface area contributed by atoms with Crippen LogP contribution in [-0.2, 0) is 12.0 Å². The number of fused-ring (bicyclic) bond motifs is 1. The summed E-state index contributed by atoms with van der Waals surface area (Å²) in [6.07, 6.45) is 6.02. The van der Waals surface area contributed by atoms with Gasteiger partial charge in [0.15, 0.2) is 0 Å². The Morgan fingerprint density at radius 3 is 2.71 bits per heavy atom. The number of imidazole rings is 1. The lowest BCUT2D eigenvalue weighted by Crippen LogP contribution is -2.18. The monoisotopic (exact) mass is 433 g/mol. The molecule has 1 amide bonds. The minimum absolute atomic E-state index is 0.0868. The van der Waals surface area contributed by atoms with E-state index in [1.165, 1.54) is 5.56 Å². The Kier molecular flexibility index (Phi) is 4.85. The zero-order chi connectivity index (χ0) is 21.6. The molecule has 3 heterocycles. The largest absolute Gasteiger partial charge is 0.305 e. The van der Waals surface area contributed by atoms with Gasteiger partial charge in [-0.1, -0.05) is 12.1 Å². The number of carbonyl (C=O) groups excluding carboxylic acids is 1. The van der Waals surface area contributed by atoms with Crippen molar-refractivity contribution in [3.8, 4) is 11.4 Å². The van der Waals surface area contributed by atoms with Gasteiger partial charge in [-0.15, -0.1) is 11.3 Å². The van der Waals surface area contributed by atoms with Crippen molar-refractivity contribution >= 4 is 22.9 Å². The average molecular weight is 434 g/mol. The summed E-state index contributed by atoms with van der Waals surface area (Å²) in [4.78, 5) is 23.3. The van der Waals surface area contributed by atoms with Gasteiger partial charge in [0.2, 0.25) is 0 Å². The predicted octanol–water partition coefficient (Wildman–Crippen LogP) is 3.72. The summed E-state index contributed by atoms with van der Waals surface area (Å²) in [7, 11) is 4.11. The molecule has 0 unspecified atom stereocenters. The fraction of sp³-hybridized carbons (Fsp3) is 0.261. The number of pyridine rings is 1. The Balaban J connectivity index is 1.44. The highest BCUT2D eigenvalue weighted by Crippen LogP contribution is 2.54. The fourth-order valence-electron chi connectivity index (χ4n) is 4.04. The zero-order valence-electron chi connectivity index (χ0n) is 17.4. The van der Waals surface area contributed by atoms with Gasteiger partial charge in [0.05, 0.1) is 17.6 Å². The Hall–Kier alpha value is -3.07. The molecule has 8 heteroatoms. The van der Waals surface area contributed by atoms with Crippen LogP contribution in [0.1, 0.15) is 39.3 Å². The predicted molar refractivity (Wildman–Crippen MR) is 119 cm³/mol. The maximum Gasteiger partial charge on any atom is 0.274 e. The summed E-state index contributed by atoms with van der Waals surface area (Å²) >= 11 is 1.67. The van der Waals surface area contributed by atoms with Gasteiger partial charge < -0.3 is 4.90 Å². The Morgan fingerprint density at radius 2 is 2.03 bits per heavy atom. The minimum Gasteiger partial charge on any atom is -0.305 e. The summed E-state index contributed by atoms with van der Waals surface area (Å²) < 4.78 is 2.08. The van der Waals surface area contributed by atoms with E-state index in [4.69, 9.17) is 10.2 Å². The highest BCUT2D eigenvalue weighted by Gasteiger charge is 2.48. The van der Waals surface area contributed by atoms with Crippen LogP contribution < -0.4 is 5.48 Å². The van der Waals surface area contributed by atoms with E-state index in [9.17, 15) is 4.79 Å². The van der Waals surface area contributed by atoms with E-state index in [0.29, 0.717) is 5.56 Å². The van der Waals surface area contributed by atoms with Crippen molar-refractivity contribution in [2.24, 2.45) is 0 Å². The second kappa shape index (κ2) is 7.56. The Morgan fingerprint density at radius 1 is 1.26 bits per heavy atom. The second-order valence-electron chi connectivity index (χ2n) is 8.28. The lowest BCUT2D eigenvalue weighted by molar-refractivity contribution is 0.0706. The molecule has 1 aromatic carbocycles. The molecule has 158 valence electrons. The molecule has 3 aromatic heterocycles. The van der Waals surface area contributed by atoms with E-state index in [1.807, 2.05) is 18.3 Å². The molecule has 1 fully saturated rings. The van der Waals surface area contributed by atoms with E-state index in [2.05, 4.69) is 52.1 Å². The number of carbonyl (C=O) groups is 1. The maximum atomic E-state index is 11.6. The molecule has 31 heavy (non-hydrogen) atoms. The van der Waals surface area contributed by atoms with Crippen LogP contribution in [0.25, 0.3) is 17.0 Å². The maximum absolute atomic E-state index is 11.6. The van der Waals surface area contributed by atoms with Crippen molar-refractivity contribution in [1.82, 2.24) is 24.7 Å². The van der Waals surface area contributed by atoms with Crippen LogP contribution in [0.15, 0.2) is 54.2 Å². The van der Waals surface area contributed by atoms with E-state index < -0.39 is 5.91 Å². The van der Waals surface area contributed by atoms with Crippen LogP contribution in [0.3, 0.4) is 0 Å². The fourth-order valence-corrected chi connectivity index (χ4v) is 5.14. The van der Waals surface area contributed by atoms with Gasteiger partial charge in [0, 0.05) is 29.1 Å². The lowest BCUT2D eigenvalue weighted by atomic mass is 9.95. The molecule has 0 aliphatic heterocycles. The highest BCUT2D eigenvalue weighted by atomic mass is 32.1. The van der Waals surface area contributed by atoms with Crippen molar-refractivity contribution in [2.45, 2.75) is 24.8 Å². The summed E-state index contributed by atoms with van der Waals surface area (Å²) in [6, 6.07) is 11.6. The number of nitrogens with zero attached hydrogens (tertiary/aromatic N) is 4. The molecule has 0 bridgehead atoms. The van der Waals surface area contributed by atoms with Crippen molar-refractivity contribution in [2.75, 3.05) is 14.1 Å². The molecule has 0 radical (unpaired) electrons. The molecule has 0 atom stereocenters. The SMILES string of the molecule is CN(C)Cc1ccn2c(-c3csc(C4(c5ccc(C(=O)NO)cc5)CC4)n3)cnc2c1. The van der Waals surface area contributed by atoms with E-state index >= 15 is 0 Å². The number of hydrogen-bond acceptors (Lipinski definition) is 6. The lowest BCUT2D eigenvalue weighted by Gasteiger charge is -2.13. The third kappa shape index (κ3) is 3.52. The normalized spacial score (nSPS) is 14.8. The summed E-state index contributed by atoms with van der Waals surface area (Å²) in [5.41, 5.74) is 7.22. The van der Waals surface area contributed by atoms with E-state index in [1.54, 1.807) is 28.9 Å². The molecule has 1 aliphatic rings. The first-order valence-corrected chi connectivity index (χ1v) is 11.0. The number of aromatic nitrogens is 3. The third-order valence-corrected chi connectivity index (χ3v) is 6.85. The van der Waals surface area contributed by atoms with Crippen molar-refractivity contribution < 1.29 is 10.0 Å². The van der Waals surface area contributed by atoms with Crippen molar-refractivity contribution in [1.29, 1.82) is 0 Å². The van der Waals surface area contributed by atoms with Gasteiger partial charge in [0.1, 0.15) is 10.7 Å². The molecular formula is C23H23N5O2S. The van der Waals surface area contributed by atoms with E-state index in [-0.39, 0.29) is 5.41 Å². The van der Waals surface area contributed by atoms with Gasteiger partial charge >= 0.3 is 0 Å². The molecule has 4 aromatic rings. The highest BCUT2D eigenvalue weighted by molar-refractivity contribution is 7.10. The first-order valence-electron chi connectivity index (χ1n) is 10.1. The van der Waals surface area contributed by atoms with Gasteiger partial charge in [0.25, 0.3) is 5.91 Å². The summed E-state index contributed by atoms with van der Waals surface area (Å²) in [5.74, 6) is -0.505. The van der Waals surface area contributed by atoms with Gasteiger partial charge in [-0.05, 0) is 62.3 Å². The number of benzene rings is 1. The molecule has 2 N–H and O–H groups in total. The summed E-state index contributed by atoms with van der Waals surface area (Å²) in [5, 5.41) is 12.0. The standard InChI is InChI=1S/C23H23N5O2S/c1-27(2)13-15-7-10-28-19(12-24-20(28)11-15)18-14-31-22(25-18)23(8-9-23)17-5-3-16(4-6-17)21(29)26-30/h3-7,10-12,14,30H,8-9,13H2,1-2H3,(H,26,29). The quantitative estimate of drug-likeness (QED) is 0.358. The molecular weight excluding hydrogens is 410 g/mol. The smallest absolute Gasteiger partial charge is 0.274 e. The van der Waals surface area contributed by atoms with Crippen molar-refractivity contribution in [3.63, 3.8) is 0 Å². The van der Waals surface area contributed by atoms with Crippen molar-refractivity contribution in [3.05, 3.63) is 75.9 Å². The van der Waals surface area contributed by atoms with Gasteiger partial charge in [-0.2, -0.15) is 0 Å². The number of amides is 1. The molecule has 1 aliphatic carbocycles. The first-order chi connectivity index (χ1) is 15.0. The van der Waals surface area contributed by atoms with E-state index in [0.717, 1.165) is 47.0 Å². The summed E-state index contributed by atoms with van der Waals surface area (Å²) in [6.45, 7) is 0.876. The van der Waals surface area contributed by atoms with Gasteiger partial charge in [-0.25, -0.2) is 15.4 Å². The number of nitrogens with one attached hydrogen (secondary N) is 1. The van der Waals surface area contributed by atoms with Crippen LogP contribution in [0.5, 0.6) is 0 Å². The minimum atomic E-state index is -0.505. The number of thiazole rings is 1. The van der Waals surface area contributed by atoms with Crippen LogP contribution in [0.2, 0.25) is 0 Å². The molecule has 5 rings (SSSR count). The molecule has 7 nitrogen and oxygen atoms in total. The van der Waals surface area contributed by atoms with Crippen LogP contribution in [0, 0.1) is 0 Å².